The molecule has 0 saturated carbocycles. The Labute approximate surface area is 110 Å². The molecule has 1 N–H and O–H groups in total. The van der Waals surface area contributed by atoms with E-state index in [9.17, 15) is 0 Å². The second kappa shape index (κ2) is 7.28. The van der Waals surface area contributed by atoms with E-state index in [1.807, 2.05) is 18.2 Å². The van der Waals surface area contributed by atoms with Crippen LogP contribution < -0.4 is 10.1 Å². The van der Waals surface area contributed by atoms with Crippen LogP contribution in [0.4, 0.5) is 0 Å². The lowest BCUT2D eigenvalue weighted by Gasteiger charge is -2.15. The summed E-state index contributed by atoms with van der Waals surface area (Å²) in [6.07, 6.45) is 0. The Morgan fingerprint density at radius 1 is 1.47 bits per heavy atom. The Bertz CT molecular complexity index is 404. The van der Waals surface area contributed by atoms with Crippen LogP contribution in [0, 0.1) is 11.3 Å². The highest BCUT2D eigenvalue weighted by atomic mass is 79.9. The Morgan fingerprint density at radius 3 is 2.82 bits per heavy atom. The van der Waals surface area contributed by atoms with Gasteiger partial charge in [-0.15, -0.1) is 0 Å². The number of hydrogen-bond donors (Lipinski definition) is 1. The standard InChI is InChI=1S/C12H15BrN2O2/c1-16-6-5-15-11(8-14)10-7-9(13)3-4-12(10)17-2/h3-4,7,11,15H,5-6H2,1-2H3. The van der Waals surface area contributed by atoms with Crippen molar-refractivity contribution in [2.75, 3.05) is 27.4 Å². The first-order valence-electron chi connectivity index (χ1n) is 5.18. The maximum atomic E-state index is 9.17. The van der Waals surface area contributed by atoms with Crippen LogP contribution in [0.5, 0.6) is 5.75 Å². The number of ether oxygens (including phenoxy) is 2. The van der Waals surface area contributed by atoms with Gasteiger partial charge in [0.05, 0.1) is 19.8 Å². The van der Waals surface area contributed by atoms with Crippen LogP contribution in [0.15, 0.2) is 22.7 Å². The fourth-order valence-electron chi connectivity index (χ4n) is 1.46. The first kappa shape index (κ1) is 14.0. The molecule has 0 aliphatic rings. The molecule has 1 rings (SSSR count). The molecule has 0 aromatic heterocycles. The van der Waals surface area contributed by atoms with Crippen molar-refractivity contribution in [3.63, 3.8) is 0 Å². The lowest BCUT2D eigenvalue weighted by molar-refractivity contribution is 0.197. The molecule has 0 fully saturated rings. The highest BCUT2D eigenvalue weighted by molar-refractivity contribution is 9.10. The van der Waals surface area contributed by atoms with Crippen LogP contribution in [0.25, 0.3) is 0 Å². The van der Waals surface area contributed by atoms with Crippen molar-refractivity contribution in [2.45, 2.75) is 6.04 Å². The van der Waals surface area contributed by atoms with Gasteiger partial charge in [-0.2, -0.15) is 5.26 Å². The summed E-state index contributed by atoms with van der Waals surface area (Å²) < 4.78 is 11.1. The molecule has 92 valence electrons. The van der Waals surface area contributed by atoms with E-state index in [2.05, 4.69) is 27.3 Å². The van der Waals surface area contributed by atoms with Gasteiger partial charge in [0.2, 0.25) is 0 Å². The van der Waals surface area contributed by atoms with Crippen molar-refractivity contribution in [3.05, 3.63) is 28.2 Å². The first-order chi connectivity index (χ1) is 8.22. The summed E-state index contributed by atoms with van der Waals surface area (Å²) in [4.78, 5) is 0. The topological polar surface area (TPSA) is 54.3 Å². The van der Waals surface area contributed by atoms with Gasteiger partial charge >= 0.3 is 0 Å². The molecule has 0 aliphatic heterocycles. The summed E-state index contributed by atoms with van der Waals surface area (Å²) in [6, 6.07) is 7.40. The number of nitrogens with one attached hydrogen (secondary N) is 1. The molecule has 0 amide bonds. The minimum Gasteiger partial charge on any atom is -0.496 e. The van der Waals surface area contributed by atoms with Crippen LogP contribution in [0.1, 0.15) is 11.6 Å². The lowest BCUT2D eigenvalue weighted by Crippen LogP contribution is -2.24. The molecule has 0 spiro atoms. The second-order valence-electron chi connectivity index (χ2n) is 3.40. The number of nitrogens with zero attached hydrogens (tertiary/aromatic N) is 1. The molecule has 1 unspecified atom stereocenters. The zero-order chi connectivity index (χ0) is 12.7. The Balaban J connectivity index is 2.87. The van der Waals surface area contributed by atoms with Gasteiger partial charge in [-0.3, -0.25) is 5.32 Å². The highest BCUT2D eigenvalue weighted by Gasteiger charge is 2.15. The SMILES string of the molecule is COCCNC(C#N)c1cc(Br)ccc1OC. The van der Waals surface area contributed by atoms with Gasteiger partial charge < -0.3 is 9.47 Å². The Morgan fingerprint density at radius 2 is 2.24 bits per heavy atom. The van der Waals surface area contributed by atoms with Gasteiger partial charge in [-0.25, -0.2) is 0 Å². The number of nitriles is 1. The van der Waals surface area contributed by atoms with Gasteiger partial charge in [0.15, 0.2) is 0 Å². The zero-order valence-electron chi connectivity index (χ0n) is 9.87. The fraction of sp³-hybridized carbons (Fsp3) is 0.417. The van der Waals surface area contributed by atoms with Crippen LogP contribution in [0.3, 0.4) is 0 Å². The third kappa shape index (κ3) is 4.00. The van der Waals surface area contributed by atoms with Crippen molar-refractivity contribution >= 4 is 15.9 Å². The van der Waals surface area contributed by atoms with E-state index < -0.39 is 6.04 Å². The number of methoxy groups -OCH3 is 2. The summed E-state index contributed by atoms with van der Waals surface area (Å²) in [6.45, 7) is 1.18. The van der Waals surface area contributed by atoms with E-state index in [1.54, 1.807) is 14.2 Å². The predicted molar refractivity (Wildman–Crippen MR) is 68.9 cm³/mol. The van der Waals surface area contributed by atoms with Gasteiger partial charge in [0.1, 0.15) is 11.8 Å². The number of rotatable bonds is 6. The van der Waals surface area contributed by atoms with E-state index >= 15 is 0 Å². The molecule has 17 heavy (non-hydrogen) atoms. The van der Waals surface area contributed by atoms with Crippen molar-refractivity contribution in [3.8, 4) is 11.8 Å². The van der Waals surface area contributed by atoms with E-state index in [4.69, 9.17) is 14.7 Å². The van der Waals surface area contributed by atoms with Crippen molar-refractivity contribution in [2.24, 2.45) is 0 Å². The molecule has 1 atom stereocenters. The minimum atomic E-state index is -0.405. The fourth-order valence-corrected chi connectivity index (χ4v) is 1.84. The molecular formula is C12H15BrN2O2. The highest BCUT2D eigenvalue weighted by Crippen LogP contribution is 2.28. The summed E-state index contributed by atoms with van der Waals surface area (Å²) in [7, 11) is 3.22. The predicted octanol–water partition coefficient (Wildman–Crippen LogP) is 2.26. The van der Waals surface area contributed by atoms with E-state index in [0.717, 1.165) is 10.0 Å². The van der Waals surface area contributed by atoms with Gasteiger partial charge in [0.25, 0.3) is 0 Å². The molecule has 4 nitrogen and oxygen atoms in total. The largest absolute Gasteiger partial charge is 0.496 e. The molecule has 0 radical (unpaired) electrons. The van der Waals surface area contributed by atoms with Crippen LogP contribution in [0.2, 0.25) is 0 Å². The normalized spacial score (nSPS) is 11.9. The third-order valence-corrected chi connectivity index (χ3v) is 2.78. The van der Waals surface area contributed by atoms with Crippen LogP contribution >= 0.6 is 15.9 Å². The molecule has 0 bridgehead atoms. The minimum absolute atomic E-state index is 0.405. The van der Waals surface area contributed by atoms with Crippen LogP contribution in [-0.2, 0) is 4.74 Å². The van der Waals surface area contributed by atoms with Gasteiger partial charge in [-0.1, -0.05) is 15.9 Å². The molecule has 0 saturated heterocycles. The van der Waals surface area contributed by atoms with E-state index in [-0.39, 0.29) is 0 Å². The average Bonchev–Trinajstić information content (AvgIpc) is 2.35. The third-order valence-electron chi connectivity index (χ3n) is 2.29. The number of benzene rings is 1. The second-order valence-corrected chi connectivity index (χ2v) is 4.31. The molecular weight excluding hydrogens is 284 g/mol. The Kier molecular flexibility index (Phi) is 5.98. The van der Waals surface area contributed by atoms with Crippen LogP contribution in [-0.4, -0.2) is 27.4 Å². The van der Waals surface area contributed by atoms with Crippen molar-refractivity contribution in [1.82, 2.24) is 5.32 Å². The average molecular weight is 299 g/mol. The van der Waals surface area contributed by atoms with Gasteiger partial charge in [-0.05, 0) is 18.2 Å². The molecule has 0 aliphatic carbocycles. The molecule has 0 heterocycles. The Hall–Kier alpha value is -1.09. The summed E-state index contributed by atoms with van der Waals surface area (Å²) in [5, 5.41) is 12.3. The number of hydrogen-bond acceptors (Lipinski definition) is 4. The molecule has 5 heteroatoms. The monoisotopic (exact) mass is 298 g/mol. The summed E-state index contributed by atoms with van der Waals surface area (Å²) in [5.41, 5.74) is 0.820. The molecule has 1 aromatic rings. The lowest BCUT2D eigenvalue weighted by atomic mass is 10.1. The number of halogens is 1. The maximum absolute atomic E-state index is 9.17. The molecule has 1 aromatic carbocycles. The summed E-state index contributed by atoms with van der Waals surface area (Å²) in [5.74, 6) is 0.699. The van der Waals surface area contributed by atoms with Crippen molar-refractivity contribution < 1.29 is 9.47 Å². The van der Waals surface area contributed by atoms with E-state index in [0.29, 0.717) is 18.9 Å². The smallest absolute Gasteiger partial charge is 0.125 e. The first-order valence-corrected chi connectivity index (χ1v) is 5.97. The van der Waals surface area contributed by atoms with Crippen molar-refractivity contribution in [1.29, 1.82) is 5.26 Å². The maximum Gasteiger partial charge on any atom is 0.125 e. The zero-order valence-corrected chi connectivity index (χ0v) is 11.5. The van der Waals surface area contributed by atoms with Gasteiger partial charge in [0, 0.05) is 23.7 Å². The quantitative estimate of drug-likeness (QED) is 0.819. The summed E-state index contributed by atoms with van der Waals surface area (Å²) >= 11 is 3.39. The van der Waals surface area contributed by atoms with E-state index in [1.165, 1.54) is 0 Å².